The van der Waals surface area contributed by atoms with Gasteiger partial charge in [-0.05, 0) is 44.4 Å². The number of benzene rings is 1. The van der Waals surface area contributed by atoms with Crippen molar-refractivity contribution in [2.75, 3.05) is 19.8 Å². The Morgan fingerprint density at radius 3 is 2.84 bits per heavy atom. The monoisotopic (exact) mass is 339 g/mol. The molecular formula is C19H21N3O3. The second kappa shape index (κ2) is 6.28. The maximum Gasteiger partial charge on any atom is 0.244 e. The number of likely N-dealkylation sites (tertiary alicyclic amines) is 1. The molecule has 0 radical (unpaired) electrons. The maximum absolute atomic E-state index is 5.86. The molecule has 0 aliphatic carbocycles. The minimum absolute atomic E-state index is 0.216. The molecule has 130 valence electrons. The second-order valence-electron chi connectivity index (χ2n) is 6.84. The van der Waals surface area contributed by atoms with Gasteiger partial charge in [0.1, 0.15) is 5.58 Å². The number of para-hydroxylation sites is 1. The predicted molar refractivity (Wildman–Crippen MR) is 92.0 cm³/mol. The zero-order valence-corrected chi connectivity index (χ0v) is 14.1. The molecule has 2 fully saturated rings. The van der Waals surface area contributed by atoms with Crippen molar-refractivity contribution in [3.63, 3.8) is 0 Å². The Bertz CT molecular complexity index is 833. The van der Waals surface area contributed by atoms with E-state index >= 15 is 0 Å². The molecule has 2 aliphatic heterocycles. The minimum Gasteiger partial charge on any atom is -0.453 e. The third-order valence-electron chi connectivity index (χ3n) is 5.33. The Kier molecular flexibility index (Phi) is 3.79. The minimum atomic E-state index is 0.216. The summed E-state index contributed by atoms with van der Waals surface area (Å²) < 4.78 is 17.0. The molecule has 0 unspecified atom stereocenters. The van der Waals surface area contributed by atoms with Crippen LogP contribution in [0.2, 0.25) is 0 Å². The summed E-state index contributed by atoms with van der Waals surface area (Å²) in [7, 11) is 0. The van der Waals surface area contributed by atoms with Crippen LogP contribution in [-0.4, -0.2) is 40.8 Å². The molecule has 0 amide bonds. The van der Waals surface area contributed by atoms with E-state index in [0.29, 0.717) is 23.5 Å². The van der Waals surface area contributed by atoms with Gasteiger partial charge in [0.2, 0.25) is 11.7 Å². The molecule has 6 heteroatoms. The molecule has 0 bridgehead atoms. The Balaban J connectivity index is 1.41. The number of nitrogens with zero attached hydrogens (tertiary/aromatic N) is 3. The molecule has 0 saturated carbocycles. The van der Waals surface area contributed by atoms with Gasteiger partial charge in [-0.1, -0.05) is 23.4 Å². The Morgan fingerprint density at radius 1 is 1.08 bits per heavy atom. The van der Waals surface area contributed by atoms with Crippen molar-refractivity contribution < 1.29 is 13.7 Å². The number of hydrogen-bond donors (Lipinski definition) is 0. The molecule has 0 N–H and O–H groups in total. The van der Waals surface area contributed by atoms with Gasteiger partial charge in [-0.15, -0.1) is 0 Å². The average molecular weight is 339 g/mol. The van der Waals surface area contributed by atoms with Gasteiger partial charge in [0.05, 0.1) is 6.04 Å². The van der Waals surface area contributed by atoms with Gasteiger partial charge in [-0.2, -0.15) is 4.98 Å². The van der Waals surface area contributed by atoms with Crippen molar-refractivity contribution in [2.24, 2.45) is 0 Å². The van der Waals surface area contributed by atoms with E-state index in [0.717, 1.165) is 50.0 Å². The normalized spacial score (nSPS) is 22.8. The SMILES string of the molecule is c1ccc2oc(-c3noc([C@H]4CCCN4C4CCOCC4)n3)cc2c1. The predicted octanol–water partition coefficient (Wildman–Crippen LogP) is 3.80. The lowest BCUT2D eigenvalue weighted by Gasteiger charge is -2.33. The van der Waals surface area contributed by atoms with Gasteiger partial charge in [0.15, 0.2) is 5.76 Å². The highest BCUT2D eigenvalue weighted by Crippen LogP contribution is 2.36. The zero-order chi connectivity index (χ0) is 16.6. The molecule has 2 aromatic heterocycles. The van der Waals surface area contributed by atoms with E-state index in [4.69, 9.17) is 13.7 Å². The molecule has 0 spiro atoms. The smallest absolute Gasteiger partial charge is 0.244 e. The van der Waals surface area contributed by atoms with Crippen molar-refractivity contribution in [3.05, 3.63) is 36.2 Å². The Morgan fingerprint density at radius 2 is 1.96 bits per heavy atom. The number of hydrogen-bond acceptors (Lipinski definition) is 6. The third-order valence-corrected chi connectivity index (χ3v) is 5.33. The second-order valence-corrected chi connectivity index (χ2v) is 6.84. The first-order chi connectivity index (χ1) is 12.4. The molecule has 5 rings (SSSR count). The Labute approximate surface area is 145 Å². The molecule has 3 aromatic rings. The summed E-state index contributed by atoms with van der Waals surface area (Å²) in [6.07, 6.45) is 4.41. The van der Waals surface area contributed by atoms with E-state index in [9.17, 15) is 0 Å². The fourth-order valence-corrected chi connectivity index (χ4v) is 4.07. The first-order valence-electron chi connectivity index (χ1n) is 9.04. The standard InChI is InChI=1S/C19H21N3O3/c1-2-6-16-13(4-1)12-17(24-16)18-20-19(25-21-18)15-5-3-9-22(15)14-7-10-23-11-8-14/h1-2,4,6,12,14-15H,3,5,7-11H2/t15-/m1/s1. The summed E-state index contributed by atoms with van der Waals surface area (Å²) in [5.74, 6) is 1.90. The van der Waals surface area contributed by atoms with Crippen LogP contribution < -0.4 is 0 Å². The summed E-state index contributed by atoms with van der Waals surface area (Å²) in [5.41, 5.74) is 0.841. The van der Waals surface area contributed by atoms with E-state index in [1.54, 1.807) is 0 Å². The topological polar surface area (TPSA) is 64.5 Å². The first kappa shape index (κ1) is 15.1. The highest BCUT2D eigenvalue weighted by molar-refractivity contribution is 5.81. The van der Waals surface area contributed by atoms with Gasteiger partial charge in [-0.25, -0.2) is 0 Å². The largest absolute Gasteiger partial charge is 0.453 e. The van der Waals surface area contributed by atoms with E-state index in [1.807, 2.05) is 30.3 Å². The van der Waals surface area contributed by atoms with Crippen LogP contribution in [0.4, 0.5) is 0 Å². The van der Waals surface area contributed by atoms with Crippen LogP contribution in [0, 0.1) is 0 Å². The van der Waals surface area contributed by atoms with E-state index < -0.39 is 0 Å². The highest BCUT2D eigenvalue weighted by Gasteiger charge is 2.36. The third kappa shape index (κ3) is 2.75. The van der Waals surface area contributed by atoms with Crippen molar-refractivity contribution >= 4 is 11.0 Å². The van der Waals surface area contributed by atoms with Gasteiger partial charge in [-0.3, -0.25) is 4.90 Å². The van der Waals surface area contributed by atoms with Crippen molar-refractivity contribution in [2.45, 2.75) is 37.8 Å². The molecule has 1 atom stereocenters. The molecule has 2 saturated heterocycles. The quantitative estimate of drug-likeness (QED) is 0.723. The molecular weight excluding hydrogens is 318 g/mol. The number of rotatable bonds is 3. The number of fused-ring (bicyclic) bond motifs is 1. The fourth-order valence-electron chi connectivity index (χ4n) is 4.07. The van der Waals surface area contributed by atoms with Crippen LogP contribution in [0.25, 0.3) is 22.6 Å². The molecule has 2 aliphatic rings. The van der Waals surface area contributed by atoms with Crippen LogP contribution in [0.1, 0.15) is 37.6 Å². The highest BCUT2D eigenvalue weighted by atomic mass is 16.5. The zero-order valence-electron chi connectivity index (χ0n) is 14.1. The van der Waals surface area contributed by atoms with Crippen molar-refractivity contribution in [1.82, 2.24) is 15.0 Å². The summed E-state index contributed by atoms with van der Waals surface area (Å²) in [4.78, 5) is 7.18. The van der Waals surface area contributed by atoms with E-state index in [1.165, 1.54) is 6.42 Å². The lowest BCUT2D eigenvalue weighted by molar-refractivity contribution is 0.0243. The molecule has 6 nitrogen and oxygen atoms in total. The van der Waals surface area contributed by atoms with E-state index in [-0.39, 0.29) is 6.04 Å². The average Bonchev–Trinajstić information content (AvgIpc) is 3.39. The van der Waals surface area contributed by atoms with E-state index in [2.05, 4.69) is 15.0 Å². The molecule has 1 aromatic carbocycles. The molecule has 4 heterocycles. The van der Waals surface area contributed by atoms with Crippen LogP contribution >= 0.6 is 0 Å². The number of furan rings is 1. The van der Waals surface area contributed by atoms with Crippen molar-refractivity contribution in [3.8, 4) is 11.6 Å². The van der Waals surface area contributed by atoms with Gasteiger partial charge in [0, 0.05) is 24.6 Å². The molecule has 25 heavy (non-hydrogen) atoms. The van der Waals surface area contributed by atoms with Gasteiger partial charge < -0.3 is 13.7 Å². The fraction of sp³-hybridized carbons (Fsp3) is 0.474. The van der Waals surface area contributed by atoms with Crippen LogP contribution in [0.15, 0.2) is 39.3 Å². The lowest BCUT2D eigenvalue weighted by atomic mass is 10.1. The van der Waals surface area contributed by atoms with Crippen LogP contribution in [0.5, 0.6) is 0 Å². The summed E-state index contributed by atoms with van der Waals surface area (Å²) >= 11 is 0. The maximum atomic E-state index is 5.86. The number of aromatic nitrogens is 2. The summed E-state index contributed by atoms with van der Waals surface area (Å²) in [6.45, 7) is 2.79. The number of ether oxygens (including phenoxy) is 1. The lowest BCUT2D eigenvalue weighted by Crippen LogP contribution is -2.39. The van der Waals surface area contributed by atoms with Crippen LogP contribution in [0.3, 0.4) is 0 Å². The summed E-state index contributed by atoms with van der Waals surface area (Å²) in [5, 5.41) is 5.22. The Hall–Kier alpha value is -2.18. The summed E-state index contributed by atoms with van der Waals surface area (Å²) in [6, 6.07) is 10.7. The van der Waals surface area contributed by atoms with Crippen molar-refractivity contribution in [1.29, 1.82) is 0 Å². The van der Waals surface area contributed by atoms with Crippen LogP contribution in [-0.2, 0) is 4.74 Å². The van der Waals surface area contributed by atoms with Gasteiger partial charge >= 0.3 is 0 Å². The first-order valence-corrected chi connectivity index (χ1v) is 9.04. The van der Waals surface area contributed by atoms with Gasteiger partial charge in [0.25, 0.3) is 0 Å².